The van der Waals surface area contributed by atoms with Crippen LogP contribution in [0, 0.1) is 0 Å². The summed E-state index contributed by atoms with van der Waals surface area (Å²) in [6.07, 6.45) is 2.16. The molecule has 0 heterocycles. The van der Waals surface area contributed by atoms with Crippen LogP contribution in [0.3, 0.4) is 0 Å². The zero-order chi connectivity index (χ0) is 14.4. The van der Waals surface area contributed by atoms with Crippen LogP contribution in [0.2, 0.25) is 0 Å². The van der Waals surface area contributed by atoms with Gasteiger partial charge in [-0.15, -0.1) is 0 Å². The van der Waals surface area contributed by atoms with Gasteiger partial charge in [-0.2, -0.15) is 0 Å². The minimum atomic E-state index is 0.294. The third-order valence-corrected chi connectivity index (χ3v) is 3.85. The maximum Gasteiger partial charge on any atom is 0.0579 e. The van der Waals surface area contributed by atoms with Crippen LogP contribution in [-0.4, -0.2) is 6.54 Å². The van der Waals surface area contributed by atoms with Gasteiger partial charge < -0.3 is 5.32 Å². The van der Waals surface area contributed by atoms with E-state index in [1.165, 1.54) is 22.3 Å². The van der Waals surface area contributed by atoms with Crippen molar-refractivity contribution in [1.29, 1.82) is 0 Å². The van der Waals surface area contributed by atoms with Crippen molar-refractivity contribution in [2.24, 2.45) is 0 Å². The topological polar surface area (TPSA) is 12.0 Å². The molecule has 0 aliphatic rings. The normalized spacial score (nSPS) is 12.3. The summed E-state index contributed by atoms with van der Waals surface area (Å²) in [5, 5.41) is 3.64. The van der Waals surface area contributed by atoms with Gasteiger partial charge in [0, 0.05) is 0 Å². The Balaban J connectivity index is 2.44. The van der Waals surface area contributed by atoms with Gasteiger partial charge in [-0.1, -0.05) is 69.3 Å². The minimum Gasteiger partial charge on any atom is -0.307 e. The molecule has 2 aromatic rings. The fourth-order valence-electron chi connectivity index (χ4n) is 2.74. The molecule has 0 aliphatic carbocycles. The highest BCUT2D eigenvalue weighted by atomic mass is 14.9. The van der Waals surface area contributed by atoms with Gasteiger partial charge >= 0.3 is 0 Å². The highest BCUT2D eigenvalue weighted by molar-refractivity contribution is 5.39. The second-order valence-corrected chi connectivity index (χ2v) is 5.14. The van der Waals surface area contributed by atoms with Crippen molar-refractivity contribution in [2.75, 3.05) is 6.54 Å². The first kappa shape index (κ1) is 14.8. The van der Waals surface area contributed by atoms with E-state index in [9.17, 15) is 0 Å². The average Bonchev–Trinajstić information content (AvgIpc) is 2.52. The Morgan fingerprint density at radius 3 is 2.40 bits per heavy atom. The number of nitrogens with one attached hydrogen (secondary N) is 1. The summed E-state index contributed by atoms with van der Waals surface area (Å²) >= 11 is 0. The predicted molar refractivity (Wildman–Crippen MR) is 87.2 cm³/mol. The van der Waals surface area contributed by atoms with Gasteiger partial charge in [0.2, 0.25) is 0 Å². The Morgan fingerprint density at radius 1 is 0.900 bits per heavy atom. The molecule has 0 spiro atoms. The van der Waals surface area contributed by atoms with Crippen molar-refractivity contribution in [2.45, 2.75) is 39.7 Å². The van der Waals surface area contributed by atoms with Gasteiger partial charge in [0.15, 0.2) is 0 Å². The van der Waals surface area contributed by atoms with Crippen LogP contribution in [0.1, 0.15) is 49.1 Å². The van der Waals surface area contributed by atoms with E-state index in [0.717, 1.165) is 19.4 Å². The molecule has 106 valence electrons. The molecular weight excluding hydrogens is 242 g/mol. The maximum absolute atomic E-state index is 3.64. The van der Waals surface area contributed by atoms with Crippen LogP contribution in [0.15, 0.2) is 48.5 Å². The van der Waals surface area contributed by atoms with Crippen LogP contribution in [-0.2, 0) is 12.8 Å². The zero-order valence-corrected chi connectivity index (χ0v) is 12.8. The number of hydrogen-bond acceptors (Lipinski definition) is 1. The number of rotatable bonds is 6. The number of benzene rings is 2. The van der Waals surface area contributed by atoms with E-state index >= 15 is 0 Å². The van der Waals surface area contributed by atoms with Crippen LogP contribution < -0.4 is 5.32 Å². The quantitative estimate of drug-likeness (QED) is 0.812. The molecule has 0 bridgehead atoms. The van der Waals surface area contributed by atoms with E-state index in [0.29, 0.717) is 6.04 Å². The van der Waals surface area contributed by atoms with Gasteiger partial charge in [-0.3, -0.25) is 0 Å². The van der Waals surface area contributed by atoms with Crippen LogP contribution in [0.25, 0.3) is 0 Å². The smallest absolute Gasteiger partial charge is 0.0579 e. The summed E-state index contributed by atoms with van der Waals surface area (Å²) in [5.41, 5.74) is 5.61. The maximum atomic E-state index is 3.64. The molecule has 2 rings (SSSR count). The lowest BCUT2D eigenvalue weighted by Crippen LogP contribution is -2.23. The van der Waals surface area contributed by atoms with Crippen LogP contribution in [0.5, 0.6) is 0 Å². The summed E-state index contributed by atoms with van der Waals surface area (Å²) in [6, 6.07) is 18.0. The van der Waals surface area contributed by atoms with Crippen molar-refractivity contribution in [3.63, 3.8) is 0 Å². The second-order valence-electron chi connectivity index (χ2n) is 5.14. The largest absolute Gasteiger partial charge is 0.307 e. The molecule has 1 unspecified atom stereocenters. The molecule has 0 saturated heterocycles. The Bertz CT molecular complexity index is 545. The number of hydrogen-bond donors (Lipinski definition) is 1. The molecule has 1 N–H and O–H groups in total. The molecule has 1 atom stereocenters. The molecule has 0 aliphatic heterocycles. The van der Waals surface area contributed by atoms with Crippen LogP contribution >= 0.6 is 0 Å². The average molecular weight is 267 g/mol. The third kappa shape index (κ3) is 3.29. The predicted octanol–water partition coefficient (Wildman–Crippen LogP) is 4.51. The fourth-order valence-corrected chi connectivity index (χ4v) is 2.74. The zero-order valence-electron chi connectivity index (χ0n) is 12.8. The first-order valence-electron chi connectivity index (χ1n) is 7.70. The fraction of sp³-hybridized carbons (Fsp3) is 0.368. The molecule has 0 fully saturated rings. The van der Waals surface area contributed by atoms with E-state index in [-0.39, 0.29) is 0 Å². The molecule has 1 nitrogen and oxygen atoms in total. The summed E-state index contributed by atoms with van der Waals surface area (Å²) < 4.78 is 0. The highest BCUT2D eigenvalue weighted by Gasteiger charge is 2.15. The summed E-state index contributed by atoms with van der Waals surface area (Å²) in [4.78, 5) is 0. The molecule has 2 aromatic carbocycles. The van der Waals surface area contributed by atoms with Gasteiger partial charge in [0.05, 0.1) is 6.04 Å². The van der Waals surface area contributed by atoms with Crippen molar-refractivity contribution in [1.82, 2.24) is 5.32 Å². The lowest BCUT2D eigenvalue weighted by Gasteiger charge is -2.22. The Labute approximate surface area is 123 Å². The molecule has 0 amide bonds. The third-order valence-electron chi connectivity index (χ3n) is 3.85. The molecule has 0 aromatic heterocycles. The van der Waals surface area contributed by atoms with E-state index in [1.54, 1.807) is 0 Å². The molecular formula is C19H25N. The van der Waals surface area contributed by atoms with Crippen LogP contribution in [0.4, 0.5) is 0 Å². The van der Waals surface area contributed by atoms with E-state index in [2.05, 4.69) is 74.6 Å². The molecule has 20 heavy (non-hydrogen) atoms. The Morgan fingerprint density at radius 2 is 1.70 bits per heavy atom. The molecule has 1 heteroatoms. The van der Waals surface area contributed by atoms with E-state index < -0.39 is 0 Å². The second kappa shape index (κ2) is 7.25. The Hall–Kier alpha value is -1.60. The lowest BCUT2D eigenvalue weighted by atomic mass is 9.92. The van der Waals surface area contributed by atoms with Gasteiger partial charge in [-0.25, -0.2) is 0 Å². The monoisotopic (exact) mass is 267 g/mol. The highest BCUT2D eigenvalue weighted by Crippen LogP contribution is 2.26. The van der Waals surface area contributed by atoms with Crippen molar-refractivity contribution < 1.29 is 0 Å². The van der Waals surface area contributed by atoms with Crippen molar-refractivity contribution >= 4 is 0 Å². The summed E-state index contributed by atoms with van der Waals surface area (Å²) in [6.45, 7) is 7.58. The van der Waals surface area contributed by atoms with E-state index in [1.807, 2.05) is 0 Å². The van der Waals surface area contributed by atoms with Crippen molar-refractivity contribution in [3.05, 3.63) is 70.8 Å². The van der Waals surface area contributed by atoms with Gasteiger partial charge in [0.25, 0.3) is 0 Å². The summed E-state index contributed by atoms with van der Waals surface area (Å²) in [5.74, 6) is 0. The lowest BCUT2D eigenvalue weighted by molar-refractivity contribution is 0.625. The summed E-state index contributed by atoms with van der Waals surface area (Å²) in [7, 11) is 0. The van der Waals surface area contributed by atoms with Crippen molar-refractivity contribution in [3.8, 4) is 0 Å². The number of aryl methyl sites for hydroxylation is 2. The molecule has 0 saturated carbocycles. The van der Waals surface area contributed by atoms with Gasteiger partial charge in [0.1, 0.15) is 0 Å². The SMILES string of the molecule is CCNC(c1cccc(CC)c1)c1ccccc1CC. The minimum absolute atomic E-state index is 0.294. The Kier molecular flexibility index (Phi) is 5.37. The van der Waals surface area contributed by atoms with Gasteiger partial charge in [-0.05, 0) is 41.6 Å². The first-order chi connectivity index (χ1) is 9.80. The standard InChI is InChI=1S/C19H25N/c1-4-15-10-9-12-17(14-15)19(20-6-3)18-13-8-7-11-16(18)5-2/h7-14,19-20H,4-6H2,1-3H3. The first-order valence-corrected chi connectivity index (χ1v) is 7.70. The molecule has 0 radical (unpaired) electrons. The van der Waals surface area contributed by atoms with E-state index in [4.69, 9.17) is 0 Å².